The van der Waals surface area contributed by atoms with Gasteiger partial charge in [0.05, 0.1) is 0 Å². The molecule has 1 unspecified atom stereocenters. The van der Waals surface area contributed by atoms with Crippen LogP contribution >= 0.6 is 0 Å². The van der Waals surface area contributed by atoms with Crippen LogP contribution in [0, 0.1) is 16.7 Å². The van der Waals surface area contributed by atoms with E-state index in [2.05, 4.69) is 42.5 Å². The smallest absolute Gasteiger partial charge is 0.0223 e. The summed E-state index contributed by atoms with van der Waals surface area (Å²) in [5, 5.41) is 0. The topological polar surface area (TPSA) is 9.72 Å². The fourth-order valence-corrected chi connectivity index (χ4v) is 6.54. The van der Waals surface area contributed by atoms with E-state index in [0.717, 1.165) is 18.0 Å². The second-order valence-electron chi connectivity index (χ2n) is 11.4. The lowest BCUT2D eigenvalue weighted by molar-refractivity contribution is -0.0849. The zero-order chi connectivity index (χ0) is 18.4. The lowest BCUT2D eigenvalue weighted by Gasteiger charge is -2.58. The molecule has 4 aliphatic rings. The SMILES string of the molecule is CN1CCCC(N2CCC(N3CC4(CCC(C(C)(C)C)CC4)C3)CC2)C1. The molecule has 0 bridgehead atoms. The van der Waals surface area contributed by atoms with E-state index < -0.39 is 0 Å². The first-order valence-electron chi connectivity index (χ1n) is 11.5. The fraction of sp³-hybridized carbons (Fsp3) is 1.00. The molecule has 0 aromatic heterocycles. The molecule has 4 fully saturated rings. The van der Waals surface area contributed by atoms with Gasteiger partial charge in [0.2, 0.25) is 0 Å². The number of likely N-dealkylation sites (tertiary alicyclic amines) is 3. The summed E-state index contributed by atoms with van der Waals surface area (Å²) >= 11 is 0. The normalized spacial score (nSPS) is 33.5. The van der Waals surface area contributed by atoms with E-state index in [1.54, 1.807) is 0 Å². The first-order chi connectivity index (χ1) is 12.3. The second-order valence-corrected chi connectivity index (χ2v) is 11.4. The van der Waals surface area contributed by atoms with Crippen molar-refractivity contribution in [2.45, 2.75) is 84.2 Å². The molecule has 1 aliphatic carbocycles. The largest absolute Gasteiger partial charge is 0.305 e. The number of hydrogen-bond donors (Lipinski definition) is 0. The van der Waals surface area contributed by atoms with Gasteiger partial charge in [-0.25, -0.2) is 0 Å². The molecule has 0 radical (unpaired) electrons. The Kier molecular flexibility index (Phi) is 5.44. The predicted octanol–water partition coefficient (Wildman–Crippen LogP) is 4.08. The molecular formula is C23H43N3. The highest BCUT2D eigenvalue weighted by Crippen LogP contribution is 2.50. The highest BCUT2D eigenvalue weighted by atomic mass is 15.3. The summed E-state index contributed by atoms with van der Waals surface area (Å²) in [6.45, 7) is 15.5. The van der Waals surface area contributed by atoms with Crippen LogP contribution in [0.15, 0.2) is 0 Å². The Balaban J connectivity index is 1.20. The van der Waals surface area contributed by atoms with Crippen molar-refractivity contribution in [3.05, 3.63) is 0 Å². The van der Waals surface area contributed by atoms with Gasteiger partial charge in [0.1, 0.15) is 0 Å². The number of hydrogen-bond acceptors (Lipinski definition) is 3. The zero-order valence-electron chi connectivity index (χ0n) is 18.0. The van der Waals surface area contributed by atoms with E-state index in [-0.39, 0.29) is 0 Å². The highest BCUT2D eigenvalue weighted by Gasteiger charge is 2.48. The highest BCUT2D eigenvalue weighted by molar-refractivity contribution is 5.02. The van der Waals surface area contributed by atoms with E-state index in [1.165, 1.54) is 90.6 Å². The van der Waals surface area contributed by atoms with Crippen LogP contribution in [-0.2, 0) is 0 Å². The maximum atomic E-state index is 2.86. The van der Waals surface area contributed by atoms with Crippen LogP contribution in [0.2, 0.25) is 0 Å². The summed E-state index contributed by atoms with van der Waals surface area (Å²) in [4.78, 5) is 8.21. The summed E-state index contributed by atoms with van der Waals surface area (Å²) in [6, 6.07) is 1.73. The van der Waals surface area contributed by atoms with Crippen LogP contribution in [0.4, 0.5) is 0 Å². The molecule has 0 N–H and O–H groups in total. The number of nitrogens with zero attached hydrogens (tertiary/aromatic N) is 3. The molecule has 3 nitrogen and oxygen atoms in total. The average Bonchev–Trinajstić information content (AvgIpc) is 2.59. The maximum Gasteiger partial charge on any atom is 0.0223 e. The summed E-state index contributed by atoms with van der Waals surface area (Å²) in [6.07, 6.45) is 11.6. The first kappa shape index (κ1) is 19.2. The van der Waals surface area contributed by atoms with Gasteiger partial charge in [-0.3, -0.25) is 9.80 Å². The van der Waals surface area contributed by atoms with E-state index in [1.807, 2.05) is 0 Å². The van der Waals surface area contributed by atoms with Crippen molar-refractivity contribution in [1.29, 1.82) is 0 Å². The van der Waals surface area contributed by atoms with Crippen LogP contribution in [0.5, 0.6) is 0 Å². The van der Waals surface area contributed by atoms with Crippen molar-refractivity contribution in [3.63, 3.8) is 0 Å². The molecule has 3 saturated heterocycles. The monoisotopic (exact) mass is 361 g/mol. The quantitative estimate of drug-likeness (QED) is 0.734. The molecule has 150 valence electrons. The van der Waals surface area contributed by atoms with Gasteiger partial charge in [0, 0.05) is 31.7 Å². The molecule has 26 heavy (non-hydrogen) atoms. The predicted molar refractivity (Wildman–Crippen MR) is 111 cm³/mol. The minimum Gasteiger partial charge on any atom is -0.305 e. The molecule has 0 aromatic rings. The molecule has 4 rings (SSSR count). The number of piperidine rings is 2. The van der Waals surface area contributed by atoms with Crippen LogP contribution in [0.25, 0.3) is 0 Å². The Morgan fingerprint density at radius 2 is 1.42 bits per heavy atom. The van der Waals surface area contributed by atoms with Gasteiger partial charge in [0.25, 0.3) is 0 Å². The van der Waals surface area contributed by atoms with Crippen LogP contribution in [-0.4, -0.2) is 73.1 Å². The van der Waals surface area contributed by atoms with Crippen molar-refractivity contribution in [2.75, 3.05) is 46.3 Å². The van der Waals surface area contributed by atoms with E-state index in [4.69, 9.17) is 0 Å². The first-order valence-corrected chi connectivity index (χ1v) is 11.5. The van der Waals surface area contributed by atoms with Crippen molar-refractivity contribution < 1.29 is 0 Å². The van der Waals surface area contributed by atoms with Gasteiger partial charge in [0.15, 0.2) is 0 Å². The molecular weight excluding hydrogens is 318 g/mol. The average molecular weight is 362 g/mol. The minimum atomic E-state index is 0.519. The fourth-order valence-electron chi connectivity index (χ4n) is 6.54. The zero-order valence-corrected chi connectivity index (χ0v) is 18.0. The van der Waals surface area contributed by atoms with Crippen molar-refractivity contribution >= 4 is 0 Å². The van der Waals surface area contributed by atoms with Crippen molar-refractivity contribution in [1.82, 2.24) is 14.7 Å². The van der Waals surface area contributed by atoms with Crippen molar-refractivity contribution in [2.24, 2.45) is 16.7 Å². The summed E-state index contributed by atoms with van der Waals surface area (Å²) in [5.74, 6) is 0.957. The molecule has 1 saturated carbocycles. The Hall–Kier alpha value is -0.120. The number of likely N-dealkylation sites (N-methyl/N-ethyl adjacent to an activating group) is 1. The maximum absolute atomic E-state index is 2.86. The molecule has 1 spiro atoms. The minimum absolute atomic E-state index is 0.519. The lowest BCUT2D eigenvalue weighted by atomic mass is 9.61. The van der Waals surface area contributed by atoms with E-state index in [9.17, 15) is 0 Å². The van der Waals surface area contributed by atoms with Gasteiger partial charge in [-0.1, -0.05) is 20.8 Å². The van der Waals surface area contributed by atoms with Crippen LogP contribution < -0.4 is 0 Å². The van der Waals surface area contributed by atoms with Gasteiger partial charge in [-0.2, -0.15) is 0 Å². The lowest BCUT2D eigenvalue weighted by Crippen LogP contribution is -2.63. The molecule has 3 aliphatic heterocycles. The third-order valence-electron chi connectivity index (χ3n) is 8.48. The second kappa shape index (κ2) is 7.37. The number of rotatable bonds is 2. The van der Waals surface area contributed by atoms with Crippen molar-refractivity contribution in [3.8, 4) is 0 Å². The summed E-state index contributed by atoms with van der Waals surface area (Å²) in [7, 11) is 2.30. The van der Waals surface area contributed by atoms with Gasteiger partial charge in [-0.15, -0.1) is 0 Å². The van der Waals surface area contributed by atoms with Gasteiger partial charge < -0.3 is 4.90 Å². The summed E-state index contributed by atoms with van der Waals surface area (Å²) in [5.41, 5.74) is 1.23. The van der Waals surface area contributed by atoms with E-state index in [0.29, 0.717) is 10.8 Å². The Labute approximate surface area is 162 Å². The molecule has 3 heteroatoms. The Morgan fingerprint density at radius 3 is 2.00 bits per heavy atom. The third kappa shape index (κ3) is 4.00. The Bertz CT molecular complexity index is 458. The third-order valence-corrected chi connectivity index (χ3v) is 8.48. The summed E-state index contributed by atoms with van der Waals surface area (Å²) < 4.78 is 0. The Morgan fingerprint density at radius 1 is 0.769 bits per heavy atom. The molecule has 0 amide bonds. The van der Waals surface area contributed by atoms with Gasteiger partial charge >= 0.3 is 0 Å². The molecule has 1 atom stereocenters. The van der Waals surface area contributed by atoms with Gasteiger partial charge in [-0.05, 0) is 94.8 Å². The van der Waals surface area contributed by atoms with E-state index >= 15 is 0 Å². The molecule has 3 heterocycles. The van der Waals surface area contributed by atoms with Crippen LogP contribution in [0.3, 0.4) is 0 Å². The molecule has 0 aromatic carbocycles. The standard InChI is InChI=1S/C23H43N3/c1-22(2,3)19-7-11-23(12-8-19)17-26(18-23)20-9-14-25(15-10-20)21-6-5-13-24(4)16-21/h19-21H,5-18H2,1-4H3. The van der Waals surface area contributed by atoms with Crippen LogP contribution in [0.1, 0.15) is 72.1 Å².